The maximum atomic E-state index is 12.5. The molecule has 3 aromatic rings. The smallest absolute Gasteiger partial charge is 0.270 e. The number of nitrogens with one attached hydrogen (secondary N) is 1. The van der Waals surface area contributed by atoms with Crippen LogP contribution in [0.15, 0.2) is 67.4 Å². The molecular formula is C17H16N4O. The molecule has 0 saturated carbocycles. The Morgan fingerprint density at radius 2 is 1.91 bits per heavy atom. The summed E-state index contributed by atoms with van der Waals surface area (Å²) in [6.45, 7) is 1.93. The molecule has 0 radical (unpaired) electrons. The van der Waals surface area contributed by atoms with Crippen molar-refractivity contribution in [3.8, 4) is 5.69 Å². The van der Waals surface area contributed by atoms with E-state index < -0.39 is 0 Å². The van der Waals surface area contributed by atoms with Crippen molar-refractivity contribution in [1.29, 1.82) is 0 Å². The number of rotatable bonds is 4. The zero-order chi connectivity index (χ0) is 15.4. The lowest BCUT2D eigenvalue weighted by atomic mass is 10.1. The summed E-state index contributed by atoms with van der Waals surface area (Å²) in [5.74, 6) is -0.169. The Kier molecular flexibility index (Phi) is 3.96. The van der Waals surface area contributed by atoms with Gasteiger partial charge in [-0.2, -0.15) is 0 Å². The molecule has 0 fully saturated rings. The number of nitrogens with zero attached hydrogens (tertiary/aromatic N) is 3. The normalized spacial score (nSPS) is 11.9. The Balaban J connectivity index is 1.81. The van der Waals surface area contributed by atoms with Gasteiger partial charge in [0, 0.05) is 18.1 Å². The number of aromatic nitrogens is 3. The van der Waals surface area contributed by atoms with Gasteiger partial charge in [-0.25, -0.2) is 4.98 Å². The van der Waals surface area contributed by atoms with Gasteiger partial charge in [-0.3, -0.25) is 14.3 Å². The predicted octanol–water partition coefficient (Wildman–Crippen LogP) is 2.76. The topological polar surface area (TPSA) is 59.8 Å². The Morgan fingerprint density at radius 1 is 1.09 bits per heavy atom. The largest absolute Gasteiger partial charge is 0.344 e. The molecule has 1 aromatic carbocycles. The summed E-state index contributed by atoms with van der Waals surface area (Å²) >= 11 is 0. The van der Waals surface area contributed by atoms with E-state index in [-0.39, 0.29) is 11.9 Å². The molecule has 0 aliphatic carbocycles. The molecule has 3 rings (SSSR count). The van der Waals surface area contributed by atoms with Crippen LogP contribution < -0.4 is 5.32 Å². The Labute approximate surface area is 128 Å². The van der Waals surface area contributed by atoms with Crippen molar-refractivity contribution in [1.82, 2.24) is 19.9 Å². The van der Waals surface area contributed by atoms with Crippen molar-refractivity contribution in [3.05, 3.63) is 78.6 Å². The number of amides is 1. The van der Waals surface area contributed by atoms with Gasteiger partial charge in [-0.15, -0.1) is 0 Å². The molecule has 0 aliphatic heterocycles. The number of carbonyl (C=O) groups is 1. The van der Waals surface area contributed by atoms with Crippen molar-refractivity contribution >= 4 is 5.91 Å². The van der Waals surface area contributed by atoms with Crippen LogP contribution >= 0.6 is 0 Å². The van der Waals surface area contributed by atoms with Gasteiger partial charge in [0.2, 0.25) is 0 Å². The Hall–Kier alpha value is -2.95. The molecule has 0 saturated heterocycles. The molecule has 1 atom stereocenters. The second kappa shape index (κ2) is 6.22. The van der Waals surface area contributed by atoms with Crippen molar-refractivity contribution < 1.29 is 4.79 Å². The molecule has 22 heavy (non-hydrogen) atoms. The molecule has 1 amide bonds. The third kappa shape index (κ3) is 2.88. The third-order valence-corrected chi connectivity index (χ3v) is 3.44. The fraction of sp³-hybridized carbons (Fsp3) is 0.118. The monoisotopic (exact) mass is 292 g/mol. The summed E-state index contributed by atoms with van der Waals surface area (Å²) in [7, 11) is 0. The first kappa shape index (κ1) is 14.0. The van der Waals surface area contributed by atoms with Crippen LogP contribution in [0.4, 0.5) is 0 Å². The lowest BCUT2D eigenvalue weighted by Gasteiger charge is -2.14. The van der Waals surface area contributed by atoms with Crippen molar-refractivity contribution in [3.63, 3.8) is 0 Å². The summed E-state index contributed by atoms with van der Waals surface area (Å²) in [5, 5.41) is 2.97. The number of benzene rings is 1. The Morgan fingerprint density at radius 3 is 2.64 bits per heavy atom. The first-order valence-corrected chi connectivity index (χ1v) is 7.04. The van der Waals surface area contributed by atoms with Crippen molar-refractivity contribution in [2.24, 2.45) is 0 Å². The molecule has 0 aliphatic rings. The second-order valence-electron chi connectivity index (χ2n) is 4.97. The first-order valence-electron chi connectivity index (χ1n) is 7.04. The van der Waals surface area contributed by atoms with E-state index in [0.717, 1.165) is 11.3 Å². The average molecular weight is 292 g/mol. The van der Waals surface area contributed by atoms with Crippen LogP contribution in [0.1, 0.15) is 29.0 Å². The molecule has 110 valence electrons. The SMILES string of the molecule is CC(NC(=O)c1cncn1-c1ccccc1)c1cccnc1. The number of hydrogen-bond donors (Lipinski definition) is 1. The lowest BCUT2D eigenvalue weighted by molar-refractivity contribution is 0.0933. The van der Waals surface area contributed by atoms with E-state index in [2.05, 4.69) is 15.3 Å². The number of pyridine rings is 1. The quantitative estimate of drug-likeness (QED) is 0.804. The fourth-order valence-corrected chi connectivity index (χ4v) is 2.24. The lowest BCUT2D eigenvalue weighted by Crippen LogP contribution is -2.28. The molecule has 2 aromatic heterocycles. The maximum absolute atomic E-state index is 12.5. The van der Waals surface area contributed by atoms with Crippen LogP contribution in [0, 0.1) is 0 Å². The van der Waals surface area contributed by atoms with Crippen LogP contribution in [0.5, 0.6) is 0 Å². The van der Waals surface area contributed by atoms with E-state index in [9.17, 15) is 4.79 Å². The highest BCUT2D eigenvalue weighted by Crippen LogP contribution is 2.14. The summed E-state index contributed by atoms with van der Waals surface area (Å²) < 4.78 is 1.77. The van der Waals surface area contributed by atoms with Gasteiger partial charge in [-0.1, -0.05) is 24.3 Å². The molecular weight excluding hydrogens is 276 g/mol. The van der Waals surface area contributed by atoms with Gasteiger partial charge >= 0.3 is 0 Å². The summed E-state index contributed by atoms with van der Waals surface area (Å²) in [5.41, 5.74) is 2.36. The third-order valence-electron chi connectivity index (χ3n) is 3.44. The number of carbonyl (C=O) groups excluding carboxylic acids is 1. The number of hydrogen-bond acceptors (Lipinski definition) is 3. The minimum absolute atomic E-state index is 0.125. The standard InChI is InChI=1S/C17H16N4O/c1-13(14-6-5-9-18-10-14)20-17(22)16-11-19-12-21(16)15-7-3-2-4-8-15/h2-13H,1H3,(H,20,22). The highest BCUT2D eigenvalue weighted by molar-refractivity contribution is 5.93. The summed E-state index contributed by atoms with van der Waals surface area (Å²) in [4.78, 5) is 20.7. The van der Waals surface area contributed by atoms with Crippen molar-refractivity contribution in [2.75, 3.05) is 0 Å². The molecule has 1 N–H and O–H groups in total. The Bertz CT molecular complexity index is 753. The van der Waals surface area contributed by atoms with Gasteiger partial charge in [0.25, 0.3) is 5.91 Å². The minimum atomic E-state index is -0.169. The fourth-order valence-electron chi connectivity index (χ4n) is 2.24. The predicted molar refractivity (Wildman–Crippen MR) is 83.7 cm³/mol. The van der Waals surface area contributed by atoms with E-state index >= 15 is 0 Å². The van der Waals surface area contributed by atoms with Crippen LogP contribution in [0.25, 0.3) is 5.69 Å². The van der Waals surface area contributed by atoms with E-state index in [0.29, 0.717) is 5.69 Å². The van der Waals surface area contributed by atoms with E-state index in [1.165, 1.54) is 0 Å². The van der Waals surface area contributed by atoms with Crippen molar-refractivity contribution in [2.45, 2.75) is 13.0 Å². The maximum Gasteiger partial charge on any atom is 0.270 e. The van der Waals surface area contributed by atoms with Gasteiger partial charge in [0.1, 0.15) is 5.69 Å². The van der Waals surface area contributed by atoms with Crippen LogP contribution in [-0.2, 0) is 0 Å². The molecule has 0 spiro atoms. The van der Waals surface area contributed by atoms with E-state index in [1.54, 1.807) is 29.5 Å². The van der Waals surface area contributed by atoms with Gasteiger partial charge in [0.05, 0.1) is 18.6 Å². The van der Waals surface area contributed by atoms with Crippen LogP contribution in [-0.4, -0.2) is 20.4 Å². The minimum Gasteiger partial charge on any atom is -0.344 e. The van der Waals surface area contributed by atoms with Gasteiger partial charge < -0.3 is 5.32 Å². The molecule has 1 unspecified atom stereocenters. The highest BCUT2D eigenvalue weighted by atomic mass is 16.2. The molecule has 5 nitrogen and oxygen atoms in total. The molecule has 5 heteroatoms. The van der Waals surface area contributed by atoms with Crippen LogP contribution in [0.2, 0.25) is 0 Å². The average Bonchev–Trinajstić information content (AvgIpc) is 3.06. The highest BCUT2D eigenvalue weighted by Gasteiger charge is 2.16. The second-order valence-corrected chi connectivity index (χ2v) is 4.97. The van der Waals surface area contributed by atoms with E-state index in [4.69, 9.17) is 0 Å². The number of imidazole rings is 1. The summed E-state index contributed by atoms with van der Waals surface area (Å²) in [6.07, 6.45) is 6.67. The summed E-state index contributed by atoms with van der Waals surface area (Å²) in [6, 6.07) is 13.3. The van der Waals surface area contributed by atoms with Crippen LogP contribution in [0.3, 0.4) is 0 Å². The molecule has 2 heterocycles. The number of para-hydroxylation sites is 1. The van der Waals surface area contributed by atoms with E-state index in [1.807, 2.05) is 49.4 Å². The van der Waals surface area contributed by atoms with Gasteiger partial charge in [0.15, 0.2) is 0 Å². The first-order chi connectivity index (χ1) is 10.8. The zero-order valence-corrected chi connectivity index (χ0v) is 12.2. The van der Waals surface area contributed by atoms with Gasteiger partial charge in [-0.05, 0) is 30.7 Å². The molecule has 0 bridgehead atoms. The zero-order valence-electron chi connectivity index (χ0n) is 12.2.